The van der Waals surface area contributed by atoms with E-state index < -0.39 is 10.0 Å². The van der Waals surface area contributed by atoms with Crippen molar-refractivity contribution in [1.29, 1.82) is 0 Å². The zero-order valence-corrected chi connectivity index (χ0v) is 13.1. The lowest BCUT2D eigenvalue weighted by Crippen LogP contribution is -2.49. The van der Waals surface area contributed by atoms with Crippen molar-refractivity contribution >= 4 is 15.8 Å². The first-order chi connectivity index (χ1) is 9.32. The highest BCUT2D eigenvalue weighted by Gasteiger charge is 2.32. The van der Waals surface area contributed by atoms with Crippen LogP contribution in [-0.4, -0.2) is 59.9 Å². The molecule has 0 bridgehead atoms. The van der Waals surface area contributed by atoms with Crippen molar-refractivity contribution in [3.05, 3.63) is 6.33 Å². The van der Waals surface area contributed by atoms with Crippen molar-refractivity contribution < 1.29 is 8.42 Å². The standard InChI is InChI=1S/C12H23N5O2S/c1-10(2)8-16-4-6-17(7-5-16)20(18,19)12-11(13)14-9-15(12)3/h9-10H,4-8,13H2,1-3H3. The molecule has 0 unspecified atom stereocenters. The number of nitrogens with two attached hydrogens (primary N) is 1. The summed E-state index contributed by atoms with van der Waals surface area (Å²) in [6, 6.07) is 0. The molecule has 114 valence electrons. The smallest absolute Gasteiger partial charge is 0.262 e. The van der Waals surface area contributed by atoms with Gasteiger partial charge in [0, 0.05) is 39.8 Å². The Balaban J connectivity index is 2.10. The zero-order chi connectivity index (χ0) is 14.9. The minimum absolute atomic E-state index is 0.0668. The van der Waals surface area contributed by atoms with Crippen LogP contribution in [0, 0.1) is 5.92 Å². The quantitative estimate of drug-likeness (QED) is 0.844. The molecule has 1 aromatic heterocycles. The number of nitrogen functional groups attached to an aromatic ring is 1. The fraction of sp³-hybridized carbons (Fsp3) is 0.750. The van der Waals surface area contributed by atoms with E-state index in [2.05, 4.69) is 23.7 Å². The summed E-state index contributed by atoms with van der Waals surface area (Å²) in [6.45, 7) is 7.85. The average Bonchev–Trinajstić information content (AvgIpc) is 2.69. The number of sulfonamides is 1. The molecular formula is C12H23N5O2S. The normalized spacial score (nSPS) is 18.8. The number of hydrogen-bond acceptors (Lipinski definition) is 5. The third-order valence-corrected chi connectivity index (χ3v) is 5.48. The summed E-state index contributed by atoms with van der Waals surface area (Å²) < 4.78 is 28.1. The molecular weight excluding hydrogens is 278 g/mol. The number of piperazine rings is 1. The van der Waals surface area contributed by atoms with E-state index in [1.54, 1.807) is 7.05 Å². The molecule has 1 aliphatic heterocycles. The Labute approximate surface area is 120 Å². The molecule has 0 radical (unpaired) electrons. The number of aryl methyl sites for hydroxylation is 1. The van der Waals surface area contributed by atoms with Gasteiger partial charge in [-0.05, 0) is 5.92 Å². The van der Waals surface area contributed by atoms with Crippen LogP contribution in [0.25, 0.3) is 0 Å². The van der Waals surface area contributed by atoms with Crippen LogP contribution < -0.4 is 5.73 Å². The van der Waals surface area contributed by atoms with Gasteiger partial charge in [-0.1, -0.05) is 13.8 Å². The maximum Gasteiger partial charge on any atom is 0.262 e. The minimum atomic E-state index is -3.55. The monoisotopic (exact) mass is 301 g/mol. The highest BCUT2D eigenvalue weighted by Crippen LogP contribution is 2.21. The van der Waals surface area contributed by atoms with E-state index in [9.17, 15) is 8.42 Å². The second-order valence-corrected chi connectivity index (χ2v) is 7.50. The maximum atomic E-state index is 12.6. The van der Waals surface area contributed by atoms with Crippen LogP contribution in [-0.2, 0) is 17.1 Å². The van der Waals surface area contributed by atoms with Gasteiger partial charge in [0.05, 0.1) is 6.33 Å². The van der Waals surface area contributed by atoms with Crippen LogP contribution in [0.15, 0.2) is 11.4 Å². The van der Waals surface area contributed by atoms with Crippen LogP contribution in [0.4, 0.5) is 5.82 Å². The highest BCUT2D eigenvalue weighted by molar-refractivity contribution is 7.89. The third-order valence-electron chi connectivity index (χ3n) is 3.45. The van der Waals surface area contributed by atoms with Crippen molar-refractivity contribution in [1.82, 2.24) is 18.8 Å². The van der Waals surface area contributed by atoms with E-state index >= 15 is 0 Å². The Kier molecular flexibility index (Phi) is 4.36. The molecule has 7 nitrogen and oxygen atoms in total. The van der Waals surface area contributed by atoms with Gasteiger partial charge < -0.3 is 15.2 Å². The van der Waals surface area contributed by atoms with E-state index in [0.717, 1.165) is 19.6 Å². The van der Waals surface area contributed by atoms with Gasteiger partial charge in [-0.3, -0.25) is 0 Å². The summed E-state index contributed by atoms with van der Waals surface area (Å²) >= 11 is 0. The number of aromatic nitrogens is 2. The lowest BCUT2D eigenvalue weighted by molar-refractivity contribution is 0.172. The Hall–Kier alpha value is -1.12. The fourth-order valence-electron chi connectivity index (χ4n) is 2.54. The molecule has 1 aliphatic rings. The second-order valence-electron chi connectivity index (χ2n) is 5.64. The van der Waals surface area contributed by atoms with Crippen LogP contribution >= 0.6 is 0 Å². The summed E-state index contributed by atoms with van der Waals surface area (Å²) in [5, 5.41) is 0.0924. The number of hydrogen-bond donors (Lipinski definition) is 1. The number of anilines is 1. The van der Waals surface area contributed by atoms with Crippen molar-refractivity contribution in [2.24, 2.45) is 13.0 Å². The van der Waals surface area contributed by atoms with Crippen LogP contribution in [0.5, 0.6) is 0 Å². The largest absolute Gasteiger partial charge is 0.381 e. The molecule has 1 saturated heterocycles. The lowest BCUT2D eigenvalue weighted by atomic mass is 10.2. The molecule has 0 aromatic carbocycles. The van der Waals surface area contributed by atoms with Gasteiger partial charge in [0.25, 0.3) is 10.0 Å². The number of rotatable bonds is 4. The summed E-state index contributed by atoms with van der Waals surface area (Å²) in [5.41, 5.74) is 5.68. The SMILES string of the molecule is CC(C)CN1CCN(S(=O)(=O)c2c(N)ncn2C)CC1. The lowest BCUT2D eigenvalue weighted by Gasteiger charge is -2.34. The van der Waals surface area contributed by atoms with E-state index in [4.69, 9.17) is 5.73 Å². The molecule has 8 heteroatoms. The number of nitrogens with zero attached hydrogens (tertiary/aromatic N) is 4. The van der Waals surface area contributed by atoms with E-state index in [1.165, 1.54) is 15.2 Å². The van der Waals surface area contributed by atoms with Gasteiger partial charge in [0.2, 0.25) is 0 Å². The zero-order valence-electron chi connectivity index (χ0n) is 12.3. The predicted octanol–water partition coefficient (Wildman–Crippen LogP) is -0.0354. The Morgan fingerprint density at radius 2 is 1.90 bits per heavy atom. The fourth-order valence-corrected chi connectivity index (χ4v) is 4.16. The third kappa shape index (κ3) is 2.97. The van der Waals surface area contributed by atoms with Gasteiger partial charge in [-0.2, -0.15) is 4.31 Å². The predicted molar refractivity (Wildman–Crippen MR) is 77.7 cm³/mol. The number of imidazole rings is 1. The van der Waals surface area contributed by atoms with Gasteiger partial charge in [0.1, 0.15) is 0 Å². The Morgan fingerprint density at radius 3 is 2.35 bits per heavy atom. The molecule has 0 aliphatic carbocycles. The van der Waals surface area contributed by atoms with E-state index in [0.29, 0.717) is 19.0 Å². The Bertz CT molecular complexity index is 539. The summed E-state index contributed by atoms with van der Waals surface area (Å²) in [5.74, 6) is 0.656. The summed E-state index contributed by atoms with van der Waals surface area (Å²) in [7, 11) is -1.91. The molecule has 2 N–H and O–H groups in total. The molecule has 1 fully saturated rings. The highest BCUT2D eigenvalue weighted by atomic mass is 32.2. The van der Waals surface area contributed by atoms with Gasteiger partial charge in [-0.25, -0.2) is 13.4 Å². The molecule has 2 heterocycles. The van der Waals surface area contributed by atoms with E-state index in [-0.39, 0.29) is 10.8 Å². The first-order valence-electron chi connectivity index (χ1n) is 6.81. The van der Waals surface area contributed by atoms with E-state index in [1.807, 2.05) is 0 Å². The van der Waals surface area contributed by atoms with Crippen molar-refractivity contribution in [2.75, 3.05) is 38.5 Å². The Morgan fingerprint density at radius 1 is 1.30 bits per heavy atom. The first-order valence-corrected chi connectivity index (χ1v) is 8.25. The molecule has 1 aromatic rings. The molecule has 0 spiro atoms. The maximum absolute atomic E-state index is 12.6. The van der Waals surface area contributed by atoms with Crippen LogP contribution in [0.1, 0.15) is 13.8 Å². The molecule has 2 rings (SSSR count). The van der Waals surface area contributed by atoms with Crippen LogP contribution in [0.3, 0.4) is 0 Å². The molecule has 0 saturated carbocycles. The summed E-state index contributed by atoms with van der Waals surface area (Å²) in [6.07, 6.45) is 1.43. The molecule has 20 heavy (non-hydrogen) atoms. The first kappa shape index (κ1) is 15.3. The van der Waals surface area contributed by atoms with Crippen molar-refractivity contribution in [3.63, 3.8) is 0 Å². The topological polar surface area (TPSA) is 84.5 Å². The van der Waals surface area contributed by atoms with Crippen molar-refractivity contribution in [3.8, 4) is 0 Å². The summed E-state index contributed by atoms with van der Waals surface area (Å²) in [4.78, 5) is 6.15. The molecule has 0 amide bonds. The van der Waals surface area contributed by atoms with Gasteiger partial charge in [0.15, 0.2) is 10.8 Å². The van der Waals surface area contributed by atoms with Crippen molar-refractivity contribution in [2.45, 2.75) is 18.9 Å². The van der Waals surface area contributed by atoms with Crippen LogP contribution in [0.2, 0.25) is 0 Å². The second kappa shape index (κ2) is 5.71. The van der Waals surface area contributed by atoms with Gasteiger partial charge in [-0.15, -0.1) is 0 Å². The average molecular weight is 301 g/mol. The molecule has 0 atom stereocenters. The minimum Gasteiger partial charge on any atom is -0.381 e. The van der Waals surface area contributed by atoms with Gasteiger partial charge >= 0.3 is 0 Å².